The maximum atomic E-state index is 5.94. The van der Waals surface area contributed by atoms with E-state index >= 15 is 0 Å². The Bertz CT molecular complexity index is 127. The Kier molecular flexibility index (Phi) is 4.73. The summed E-state index contributed by atoms with van der Waals surface area (Å²) >= 11 is 0. The summed E-state index contributed by atoms with van der Waals surface area (Å²) < 4.78 is 5.94. The van der Waals surface area contributed by atoms with Gasteiger partial charge in [0.15, 0.2) is 8.32 Å². The molecule has 0 aliphatic carbocycles. The van der Waals surface area contributed by atoms with Gasteiger partial charge in [-0.2, -0.15) is 0 Å². The van der Waals surface area contributed by atoms with E-state index in [0.717, 1.165) is 19.1 Å². The topological polar surface area (TPSA) is 9.23 Å². The molecule has 0 bridgehead atoms. The van der Waals surface area contributed by atoms with Crippen LogP contribution in [-0.2, 0) is 4.43 Å². The summed E-state index contributed by atoms with van der Waals surface area (Å²) in [5.74, 6) is 0. The molecule has 0 heterocycles. The molecule has 0 saturated carbocycles. The first kappa shape index (κ1) is 12.4. The molecule has 12 heavy (non-hydrogen) atoms. The van der Waals surface area contributed by atoms with Crippen LogP contribution in [0.25, 0.3) is 0 Å². The minimum absolute atomic E-state index is 0.346. The van der Waals surface area contributed by atoms with Crippen LogP contribution in [0.2, 0.25) is 24.2 Å². The zero-order valence-electron chi connectivity index (χ0n) is 9.03. The smallest absolute Gasteiger partial charge is 0.191 e. The molecular formula is C9H21OSi2. The summed E-state index contributed by atoms with van der Waals surface area (Å²) in [6.45, 7) is 12.3. The van der Waals surface area contributed by atoms with Crippen LogP contribution in [0.5, 0.6) is 0 Å². The second-order valence-corrected chi connectivity index (χ2v) is 10.0. The van der Waals surface area contributed by atoms with Crippen molar-refractivity contribution in [1.82, 2.24) is 0 Å². The van der Waals surface area contributed by atoms with Gasteiger partial charge in [0.25, 0.3) is 0 Å². The highest BCUT2D eigenvalue weighted by Gasteiger charge is 2.36. The van der Waals surface area contributed by atoms with Crippen molar-refractivity contribution in [1.29, 1.82) is 0 Å². The fraction of sp³-hybridized carbons (Fsp3) is 1.00. The van der Waals surface area contributed by atoms with E-state index in [1.54, 1.807) is 0 Å². The lowest BCUT2D eigenvalue weighted by atomic mass is 10.2. The van der Waals surface area contributed by atoms with Crippen LogP contribution in [0.15, 0.2) is 0 Å². The predicted molar refractivity (Wildman–Crippen MR) is 58.3 cm³/mol. The van der Waals surface area contributed by atoms with Gasteiger partial charge in [0.1, 0.15) is 0 Å². The lowest BCUT2D eigenvalue weighted by Gasteiger charge is -2.36. The number of hydrogen-bond acceptors (Lipinski definition) is 1. The molecule has 0 saturated heterocycles. The van der Waals surface area contributed by atoms with Crippen LogP contribution in [-0.4, -0.2) is 25.2 Å². The van der Waals surface area contributed by atoms with Crippen molar-refractivity contribution >= 4 is 18.6 Å². The Morgan fingerprint density at radius 2 is 1.75 bits per heavy atom. The van der Waals surface area contributed by atoms with Crippen molar-refractivity contribution < 1.29 is 4.43 Å². The van der Waals surface area contributed by atoms with Gasteiger partial charge < -0.3 is 4.43 Å². The zero-order valence-corrected chi connectivity index (χ0v) is 11.0. The normalized spacial score (nSPS) is 13.5. The van der Waals surface area contributed by atoms with Gasteiger partial charge in [-0.3, -0.25) is 0 Å². The molecule has 0 N–H and O–H groups in total. The first-order chi connectivity index (χ1) is 5.31. The molecule has 0 atom stereocenters. The monoisotopic (exact) mass is 201 g/mol. The molecule has 0 aliphatic rings. The minimum atomic E-state index is -1.46. The Balaban J connectivity index is 3.88. The Hall–Kier alpha value is 0.394. The highest BCUT2D eigenvalue weighted by Crippen LogP contribution is 2.36. The highest BCUT2D eigenvalue weighted by atomic mass is 28.4. The van der Waals surface area contributed by atoms with Crippen molar-refractivity contribution in [3.8, 4) is 0 Å². The summed E-state index contributed by atoms with van der Waals surface area (Å²) in [4.78, 5) is 0. The molecule has 0 rings (SSSR count). The zero-order chi connectivity index (χ0) is 9.83. The van der Waals surface area contributed by atoms with Gasteiger partial charge in [0.2, 0.25) is 0 Å². The molecule has 3 heteroatoms. The van der Waals surface area contributed by atoms with E-state index in [0.29, 0.717) is 5.04 Å². The maximum Gasteiger partial charge on any atom is 0.191 e. The molecule has 0 aliphatic heterocycles. The first-order valence-electron chi connectivity index (χ1n) is 4.60. The standard InChI is InChI=1S/C9H21OSi2/c1-9(2,3)12(4,5)10-7-6-8-11/h6-8H2,1-5H3. The second kappa shape index (κ2) is 4.58. The molecule has 71 valence electrons. The first-order valence-corrected chi connectivity index (χ1v) is 8.21. The molecule has 0 amide bonds. The van der Waals surface area contributed by atoms with Crippen LogP contribution in [0, 0.1) is 0 Å². The van der Waals surface area contributed by atoms with E-state index in [1.807, 2.05) is 0 Å². The molecule has 0 fully saturated rings. The Morgan fingerprint density at radius 1 is 1.25 bits per heavy atom. The van der Waals surface area contributed by atoms with E-state index in [9.17, 15) is 0 Å². The van der Waals surface area contributed by atoms with E-state index in [4.69, 9.17) is 4.43 Å². The lowest BCUT2D eigenvalue weighted by Crippen LogP contribution is -2.40. The SMILES string of the molecule is CC(C)(C)[Si](C)(C)OCCC[Si]. The lowest BCUT2D eigenvalue weighted by molar-refractivity contribution is 0.288. The average Bonchev–Trinajstić information content (AvgIpc) is 1.85. The molecule has 0 spiro atoms. The number of rotatable bonds is 4. The summed E-state index contributed by atoms with van der Waals surface area (Å²) in [6.07, 6.45) is 1.11. The van der Waals surface area contributed by atoms with Gasteiger partial charge in [-0.15, -0.1) is 0 Å². The third kappa shape index (κ3) is 3.87. The average molecular weight is 201 g/mol. The maximum absolute atomic E-state index is 5.94. The van der Waals surface area contributed by atoms with Crippen LogP contribution in [0.1, 0.15) is 27.2 Å². The van der Waals surface area contributed by atoms with Gasteiger partial charge >= 0.3 is 0 Å². The van der Waals surface area contributed by atoms with Crippen molar-refractivity contribution in [2.75, 3.05) is 6.61 Å². The van der Waals surface area contributed by atoms with Crippen LogP contribution < -0.4 is 0 Å². The second-order valence-electron chi connectivity index (χ2n) is 4.71. The summed E-state index contributed by atoms with van der Waals surface area (Å²) in [5.41, 5.74) is 0. The molecule has 3 radical (unpaired) electrons. The van der Waals surface area contributed by atoms with Gasteiger partial charge in [-0.25, -0.2) is 0 Å². The Labute approximate surface area is 81.4 Å². The van der Waals surface area contributed by atoms with Crippen LogP contribution in [0.3, 0.4) is 0 Å². The van der Waals surface area contributed by atoms with Crippen molar-refractivity contribution in [2.45, 2.75) is 51.4 Å². The largest absolute Gasteiger partial charge is 0.417 e. The molecule has 0 aromatic carbocycles. The third-order valence-electron chi connectivity index (χ3n) is 2.59. The molecule has 1 nitrogen and oxygen atoms in total. The summed E-state index contributed by atoms with van der Waals surface area (Å²) in [5, 5.41) is 0.346. The number of hydrogen-bond donors (Lipinski definition) is 0. The molecular weight excluding hydrogens is 180 g/mol. The predicted octanol–water partition coefficient (Wildman–Crippen LogP) is 2.99. The van der Waals surface area contributed by atoms with Gasteiger partial charge in [-0.1, -0.05) is 26.8 Å². The van der Waals surface area contributed by atoms with Crippen molar-refractivity contribution in [2.24, 2.45) is 0 Å². The van der Waals surface area contributed by atoms with E-state index in [1.165, 1.54) is 0 Å². The van der Waals surface area contributed by atoms with Crippen LogP contribution in [0.4, 0.5) is 0 Å². The van der Waals surface area contributed by atoms with Crippen LogP contribution >= 0.6 is 0 Å². The molecule has 0 unspecified atom stereocenters. The van der Waals surface area contributed by atoms with E-state index < -0.39 is 8.32 Å². The fourth-order valence-electron chi connectivity index (χ4n) is 0.616. The third-order valence-corrected chi connectivity index (χ3v) is 7.48. The highest BCUT2D eigenvalue weighted by molar-refractivity contribution is 6.74. The van der Waals surface area contributed by atoms with Crippen molar-refractivity contribution in [3.05, 3.63) is 0 Å². The quantitative estimate of drug-likeness (QED) is 0.502. The fourth-order valence-corrected chi connectivity index (χ4v) is 1.85. The Morgan fingerprint density at radius 3 is 2.08 bits per heavy atom. The molecule has 0 aromatic rings. The summed E-state index contributed by atoms with van der Waals surface area (Å²) in [6, 6.07) is 1.04. The van der Waals surface area contributed by atoms with Gasteiger partial charge in [0, 0.05) is 16.8 Å². The summed E-state index contributed by atoms with van der Waals surface area (Å²) in [7, 11) is 1.98. The van der Waals surface area contributed by atoms with Crippen molar-refractivity contribution in [3.63, 3.8) is 0 Å². The van der Waals surface area contributed by atoms with E-state index in [2.05, 4.69) is 44.1 Å². The molecule has 0 aromatic heterocycles. The van der Waals surface area contributed by atoms with Gasteiger partial charge in [-0.05, 0) is 24.6 Å². The minimum Gasteiger partial charge on any atom is -0.417 e. The van der Waals surface area contributed by atoms with E-state index in [-0.39, 0.29) is 0 Å². The van der Waals surface area contributed by atoms with Gasteiger partial charge in [0.05, 0.1) is 0 Å².